The summed E-state index contributed by atoms with van der Waals surface area (Å²) in [5.41, 5.74) is 0.440. The summed E-state index contributed by atoms with van der Waals surface area (Å²) in [6.07, 6.45) is 8.75. The van der Waals surface area contributed by atoms with Gasteiger partial charge in [0.1, 0.15) is 0 Å². The molecular weight excluding hydrogens is 219 g/mol. The van der Waals surface area contributed by atoms with Gasteiger partial charge in [-0.1, -0.05) is 32.8 Å². The van der Waals surface area contributed by atoms with Crippen LogP contribution in [0.2, 0.25) is 0 Å². The zero-order chi connectivity index (χ0) is 12.1. The minimum Gasteiger partial charge on any atom is -0.328 e. The molecule has 0 unspecified atom stereocenters. The fraction of sp³-hybridized carbons (Fsp3) is 0.846. The molecule has 1 aliphatic heterocycles. The van der Waals surface area contributed by atoms with E-state index in [9.17, 15) is 4.57 Å². The van der Waals surface area contributed by atoms with Crippen molar-refractivity contribution in [2.45, 2.75) is 46.0 Å². The minimum atomic E-state index is -2.30. The third-order valence-electron chi connectivity index (χ3n) is 4.11. The second-order valence-corrected chi connectivity index (χ2v) is 7.66. The van der Waals surface area contributed by atoms with Gasteiger partial charge >= 0.3 is 0 Å². The summed E-state index contributed by atoms with van der Waals surface area (Å²) >= 11 is 0. The Labute approximate surface area is 99.9 Å². The standard InChI is InChI=1S/C13H25O2P/c1-4-7-10-15-16(14)11-8-13(5-2,6-3)9-12-16/h4H,1,5-12H2,2-3H3. The van der Waals surface area contributed by atoms with Gasteiger partial charge in [-0.2, -0.15) is 0 Å². The molecule has 0 radical (unpaired) electrons. The van der Waals surface area contributed by atoms with Crippen molar-refractivity contribution in [1.29, 1.82) is 0 Å². The summed E-state index contributed by atoms with van der Waals surface area (Å²) in [5.74, 6) is 0. The van der Waals surface area contributed by atoms with Crippen molar-refractivity contribution in [2.75, 3.05) is 18.9 Å². The zero-order valence-electron chi connectivity index (χ0n) is 10.7. The van der Waals surface area contributed by atoms with E-state index in [0.29, 0.717) is 12.0 Å². The molecule has 94 valence electrons. The Kier molecular flexibility index (Phi) is 5.27. The molecule has 0 saturated carbocycles. The predicted octanol–water partition coefficient (Wildman–Crippen LogP) is 4.46. The van der Waals surface area contributed by atoms with Crippen LogP contribution in [0.3, 0.4) is 0 Å². The average molecular weight is 244 g/mol. The minimum absolute atomic E-state index is 0.440. The van der Waals surface area contributed by atoms with Crippen molar-refractivity contribution in [3.05, 3.63) is 12.7 Å². The molecule has 0 aromatic carbocycles. The Balaban J connectivity index is 2.46. The first-order valence-electron chi connectivity index (χ1n) is 6.43. The molecule has 16 heavy (non-hydrogen) atoms. The van der Waals surface area contributed by atoms with Gasteiger partial charge in [-0.3, -0.25) is 4.57 Å². The van der Waals surface area contributed by atoms with E-state index in [1.165, 1.54) is 12.8 Å². The quantitative estimate of drug-likeness (QED) is 0.392. The van der Waals surface area contributed by atoms with E-state index in [0.717, 1.165) is 31.6 Å². The largest absolute Gasteiger partial charge is 0.328 e. The highest BCUT2D eigenvalue weighted by Gasteiger charge is 2.38. The van der Waals surface area contributed by atoms with E-state index >= 15 is 0 Å². The first-order valence-corrected chi connectivity index (χ1v) is 8.43. The van der Waals surface area contributed by atoms with Gasteiger partial charge < -0.3 is 4.52 Å². The van der Waals surface area contributed by atoms with Crippen LogP contribution < -0.4 is 0 Å². The molecule has 1 fully saturated rings. The van der Waals surface area contributed by atoms with Crippen LogP contribution in [0, 0.1) is 5.41 Å². The van der Waals surface area contributed by atoms with E-state index < -0.39 is 7.37 Å². The maximum absolute atomic E-state index is 12.4. The molecule has 0 aromatic heterocycles. The summed E-state index contributed by atoms with van der Waals surface area (Å²) in [5, 5.41) is 0. The van der Waals surface area contributed by atoms with Gasteiger partial charge in [-0.15, -0.1) is 6.58 Å². The van der Waals surface area contributed by atoms with Crippen molar-refractivity contribution in [3.63, 3.8) is 0 Å². The molecule has 0 aliphatic carbocycles. The van der Waals surface area contributed by atoms with Crippen molar-refractivity contribution < 1.29 is 9.09 Å². The van der Waals surface area contributed by atoms with Gasteiger partial charge in [0, 0.05) is 12.3 Å². The Bertz CT molecular complexity index is 255. The predicted molar refractivity (Wildman–Crippen MR) is 70.4 cm³/mol. The molecule has 0 atom stereocenters. The maximum atomic E-state index is 12.4. The van der Waals surface area contributed by atoms with Crippen LogP contribution >= 0.6 is 7.37 Å². The fourth-order valence-electron chi connectivity index (χ4n) is 2.44. The third-order valence-corrected chi connectivity index (χ3v) is 6.58. The second kappa shape index (κ2) is 6.02. The van der Waals surface area contributed by atoms with Crippen LogP contribution in [0.25, 0.3) is 0 Å². The summed E-state index contributed by atoms with van der Waals surface area (Å²) in [4.78, 5) is 0. The lowest BCUT2D eigenvalue weighted by Gasteiger charge is -2.38. The van der Waals surface area contributed by atoms with Gasteiger partial charge in [-0.25, -0.2) is 0 Å². The Morgan fingerprint density at radius 1 is 1.31 bits per heavy atom. The molecule has 1 saturated heterocycles. The highest BCUT2D eigenvalue weighted by Crippen LogP contribution is 2.57. The number of hydrogen-bond donors (Lipinski definition) is 0. The Morgan fingerprint density at radius 2 is 1.88 bits per heavy atom. The SMILES string of the molecule is C=CCCOP1(=O)CCC(CC)(CC)CC1. The highest BCUT2D eigenvalue weighted by molar-refractivity contribution is 7.59. The maximum Gasteiger partial charge on any atom is 0.203 e. The molecular formula is C13H25O2P. The molecule has 0 aromatic rings. The van der Waals surface area contributed by atoms with Crippen LogP contribution in [0.1, 0.15) is 46.0 Å². The van der Waals surface area contributed by atoms with E-state index in [1.807, 2.05) is 6.08 Å². The Hall–Kier alpha value is -0.0700. The monoisotopic (exact) mass is 244 g/mol. The molecule has 0 bridgehead atoms. The number of rotatable bonds is 6. The molecule has 2 nitrogen and oxygen atoms in total. The van der Waals surface area contributed by atoms with Crippen LogP contribution in [0.5, 0.6) is 0 Å². The van der Waals surface area contributed by atoms with Gasteiger partial charge in [0.05, 0.1) is 6.61 Å². The second-order valence-electron chi connectivity index (χ2n) is 4.88. The van der Waals surface area contributed by atoms with Gasteiger partial charge in [0.25, 0.3) is 0 Å². The molecule has 0 spiro atoms. The van der Waals surface area contributed by atoms with Crippen molar-refractivity contribution in [3.8, 4) is 0 Å². The smallest absolute Gasteiger partial charge is 0.203 e. The van der Waals surface area contributed by atoms with E-state index in [4.69, 9.17) is 4.52 Å². The van der Waals surface area contributed by atoms with Crippen LogP contribution in [-0.2, 0) is 9.09 Å². The van der Waals surface area contributed by atoms with Crippen LogP contribution in [0.4, 0.5) is 0 Å². The molecule has 1 rings (SSSR count). The van der Waals surface area contributed by atoms with Crippen molar-refractivity contribution in [2.24, 2.45) is 5.41 Å². The van der Waals surface area contributed by atoms with Gasteiger partial charge in [0.15, 0.2) is 0 Å². The summed E-state index contributed by atoms with van der Waals surface area (Å²) in [7, 11) is -2.30. The molecule has 1 heterocycles. The van der Waals surface area contributed by atoms with E-state index in [2.05, 4.69) is 20.4 Å². The lowest BCUT2D eigenvalue weighted by molar-refractivity contribution is 0.215. The highest BCUT2D eigenvalue weighted by atomic mass is 31.2. The van der Waals surface area contributed by atoms with Crippen LogP contribution in [0.15, 0.2) is 12.7 Å². The van der Waals surface area contributed by atoms with E-state index in [1.54, 1.807) is 0 Å². The molecule has 1 aliphatic rings. The Morgan fingerprint density at radius 3 is 2.31 bits per heavy atom. The first kappa shape index (κ1) is 14.0. The summed E-state index contributed by atoms with van der Waals surface area (Å²) in [6.45, 7) is 8.72. The molecule has 0 amide bonds. The van der Waals surface area contributed by atoms with Crippen molar-refractivity contribution in [1.82, 2.24) is 0 Å². The van der Waals surface area contributed by atoms with Crippen molar-refractivity contribution >= 4 is 7.37 Å². The van der Waals surface area contributed by atoms with Gasteiger partial charge in [0.2, 0.25) is 7.37 Å². The first-order chi connectivity index (χ1) is 7.60. The van der Waals surface area contributed by atoms with E-state index in [-0.39, 0.29) is 0 Å². The summed E-state index contributed by atoms with van der Waals surface area (Å²) in [6, 6.07) is 0. The summed E-state index contributed by atoms with van der Waals surface area (Å²) < 4.78 is 17.9. The molecule has 3 heteroatoms. The van der Waals surface area contributed by atoms with Gasteiger partial charge in [-0.05, 0) is 24.7 Å². The normalized spacial score (nSPS) is 22.9. The lowest BCUT2D eigenvalue weighted by Crippen LogP contribution is -2.27. The average Bonchev–Trinajstić information content (AvgIpc) is 2.31. The zero-order valence-corrected chi connectivity index (χ0v) is 11.6. The topological polar surface area (TPSA) is 26.3 Å². The number of hydrogen-bond acceptors (Lipinski definition) is 2. The fourth-order valence-corrected chi connectivity index (χ4v) is 4.99. The lowest BCUT2D eigenvalue weighted by atomic mass is 9.77. The third kappa shape index (κ3) is 3.46. The molecule has 0 N–H and O–H groups in total. The van der Waals surface area contributed by atoms with Crippen LogP contribution in [-0.4, -0.2) is 18.9 Å².